The van der Waals surface area contributed by atoms with Crippen LogP contribution in [0.4, 0.5) is 17.6 Å². The predicted molar refractivity (Wildman–Crippen MR) is 124 cm³/mol. The van der Waals surface area contributed by atoms with Crippen molar-refractivity contribution in [3.8, 4) is 0 Å². The summed E-state index contributed by atoms with van der Waals surface area (Å²) in [7, 11) is 0. The van der Waals surface area contributed by atoms with Crippen LogP contribution in [-0.4, -0.2) is 21.9 Å². The van der Waals surface area contributed by atoms with Gasteiger partial charge in [0.25, 0.3) is 0 Å². The molecule has 0 fully saturated rings. The van der Waals surface area contributed by atoms with Crippen LogP contribution in [0.25, 0.3) is 0 Å². The molecule has 0 spiro atoms. The average Bonchev–Trinajstić information content (AvgIpc) is 2.76. The third kappa shape index (κ3) is 6.59. The molecule has 0 aliphatic rings. The lowest BCUT2D eigenvalue weighted by Gasteiger charge is -2.29. The van der Waals surface area contributed by atoms with Crippen LogP contribution in [-0.2, 0) is 37.7 Å². The maximum Gasteiger partial charge on any atom is 0.314 e. The number of ether oxygens (including phenoxy) is 2. The highest BCUT2D eigenvalue weighted by Gasteiger charge is 2.36. The normalized spacial score (nSPS) is 13.0. The molecule has 6 nitrogen and oxygen atoms in total. The average molecular weight is 513 g/mol. The minimum absolute atomic E-state index is 0.321. The highest BCUT2D eigenvalue weighted by molar-refractivity contribution is 5.79. The minimum atomic E-state index is -1.73. The van der Waals surface area contributed by atoms with Gasteiger partial charge in [0.05, 0.1) is 23.0 Å². The maximum absolute atomic E-state index is 14.6. The van der Waals surface area contributed by atoms with E-state index in [4.69, 9.17) is 9.47 Å². The van der Waals surface area contributed by atoms with Crippen LogP contribution >= 0.6 is 0 Å². The molecule has 10 heteroatoms. The van der Waals surface area contributed by atoms with Gasteiger partial charge in [-0.3, -0.25) is 9.59 Å². The Morgan fingerprint density at radius 1 is 0.778 bits per heavy atom. The number of benzene rings is 1. The van der Waals surface area contributed by atoms with E-state index < -0.39 is 76.8 Å². The number of carbonyl (C=O) groups is 2. The van der Waals surface area contributed by atoms with Gasteiger partial charge in [-0.25, -0.2) is 27.5 Å². The van der Waals surface area contributed by atoms with Crippen molar-refractivity contribution >= 4 is 11.9 Å². The Kier molecular flexibility index (Phi) is 8.86. The van der Waals surface area contributed by atoms with Crippen LogP contribution in [0.15, 0.2) is 12.4 Å². The molecule has 1 heterocycles. The fraction of sp³-hybridized carbons (Fsp3) is 0.538. The third-order valence-electron chi connectivity index (χ3n) is 5.41. The van der Waals surface area contributed by atoms with Crippen molar-refractivity contribution in [2.24, 2.45) is 11.3 Å². The molecule has 1 unspecified atom stereocenters. The Bertz CT molecular complexity index is 1090. The molecule has 0 aliphatic carbocycles. The van der Waals surface area contributed by atoms with Gasteiger partial charge in [0.1, 0.15) is 19.0 Å². The Balaban J connectivity index is 2.30. The fourth-order valence-corrected chi connectivity index (χ4v) is 3.38. The third-order valence-corrected chi connectivity index (χ3v) is 5.41. The standard InChI is InChI=1S/C26H32F4N2O4/c1-13(2)22(33)35-11-15-18(27)20(29)16(21(30)19(15)28)12-36-23(34)17(25(3,4)5)14-9-31-24(32-10-14)26(6,7)8/h9-10,13,17H,11-12H2,1-8H3. The van der Waals surface area contributed by atoms with Crippen molar-refractivity contribution in [2.75, 3.05) is 0 Å². The van der Waals surface area contributed by atoms with E-state index in [0.717, 1.165) is 0 Å². The summed E-state index contributed by atoms with van der Waals surface area (Å²) in [5.41, 5.74) is -2.77. The van der Waals surface area contributed by atoms with Crippen LogP contribution in [0.5, 0.6) is 0 Å². The minimum Gasteiger partial charge on any atom is -0.460 e. The zero-order valence-electron chi connectivity index (χ0n) is 21.8. The van der Waals surface area contributed by atoms with Crippen LogP contribution in [0.2, 0.25) is 0 Å². The summed E-state index contributed by atoms with van der Waals surface area (Å²) in [6.45, 7) is 12.0. The summed E-state index contributed by atoms with van der Waals surface area (Å²) in [6.07, 6.45) is 2.97. The first kappa shape index (κ1) is 29.2. The summed E-state index contributed by atoms with van der Waals surface area (Å²) in [4.78, 5) is 33.2. The largest absolute Gasteiger partial charge is 0.460 e. The van der Waals surface area contributed by atoms with Gasteiger partial charge in [0.15, 0.2) is 23.3 Å². The number of hydrogen-bond donors (Lipinski definition) is 0. The smallest absolute Gasteiger partial charge is 0.314 e. The van der Waals surface area contributed by atoms with E-state index in [-0.39, 0.29) is 5.41 Å². The molecule has 0 aliphatic heterocycles. The molecule has 0 bridgehead atoms. The Labute approximate surface area is 208 Å². The topological polar surface area (TPSA) is 78.4 Å². The number of carbonyl (C=O) groups excluding carboxylic acids is 2. The maximum atomic E-state index is 14.6. The van der Waals surface area contributed by atoms with E-state index in [9.17, 15) is 27.2 Å². The molecular weight excluding hydrogens is 480 g/mol. The van der Waals surface area contributed by atoms with Crippen LogP contribution in [0.1, 0.15) is 83.8 Å². The molecule has 1 aromatic carbocycles. The molecule has 0 saturated carbocycles. The number of nitrogens with zero attached hydrogens (tertiary/aromatic N) is 2. The molecule has 1 aromatic heterocycles. The quantitative estimate of drug-likeness (QED) is 0.261. The van der Waals surface area contributed by atoms with E-state index in [0.29, 0.717) is 11.4 Å². The van der Waals surface area contributed by atoms with Crippen molar-refractivity contribution in [3.05, 3.63) is 58.2 Å². The number of halogens is 4. The second kappa shape index (κ2) is 10.9. The highest BCUT2D eigenvalue weighted by atomic mass is 19.2. The molecule has 198 valence electrons. The summed E-state index contributed by atoms with van der Waals surface area (Å²) in [6, 6.07) is 0. The number of hydrogen-bond acceptors (Lipinski definition) is 6. The molecule has 0 N–H and O–H groups in total. The van der Waals surface area contributed by atoms with E-state index >= 15 is 0 Å². The number of aromatic nitrogens is 2. The van der Waals surface area contributed by atoms with Gasteiger partial charge < -0.3 is 9.47 Å². The fourth-order valence-electron chi connectivity index (χ4n) is 3.38. The van der Waals surface area contributed by atoms with Crippen molar-refractivity contribution in [2.45, 2.75) is 79.9 Å². The first-order chi connectivity index (χ1) is 16.5. The van der Waals surface area contributed by atoms with Gasteiger partial charge >= 0.3 is 11.9 Å². The highest BCUT2D eigenvalue weighted by Crippen LogP contribution is 2.36. The predicted octanol–water partition coefficient (Wildman–Crippen LogP) is 5.90. The van der Waals surface area contributed by atoms with Crippen LogP contribution in [0.3, 0.4) is 0 Å². The molecule has 0 amide bonds. The monoisotopic (exact) mass is 512 g/mol. The zero-order chi connectivity index (χ0) is 27.6. The van der Waals surface area contributed by atoms with Crippen molar-refractivity contribution in [1.82, 2.24) is 9.97 Å². The second-order valence-corrected chi connectivity index (χ2v) is 11.0. The Morgan fingerprint density at radius 2 is 1.17 bits per heavy atom. The first-order valence-electron chi connectivity index (χ1n) is 11.5. The lowest BCUT2D eigenvalue weighted by atomic mass is 9.77. The molecule has 36 heavy (non-hydrogen) atoms. The van der Waals surface area contributed by atoms with Gasteiger partial charge in [0.2, 0.25) is 0 Å². The lowest BCUT2D eigenvalue weighted by molar-refractivity contribution is -0.150. The van der Waals surface area contributed by atoms with Gasteiger partial charge in [-0.15, -0.1) is 0 Å². The summed E-state index contributed by atoms with van der Waals surface area (Å²) in [5.74, 6) is -9.56. The van der Waals surface area contributed by atoms with E-state index in [1.54, 1.807) is 20.8 Å². The second-order valence-electron chi connectivity index (χ2n) is 11.0. The van der Waals surface area contributed by atoms with Crippen molar-refractivity contribution in [1.29, 1.82) is 0 Å². The van der Waals surface area contributed by atoms with Gasteiger partial charge in [0, 0.05) is 23.4 Å². The van der Waals surface area contributed by atoms with Gasteiger partial charge in [-0.2, -0.15) is 0 Å². The Morgan fingerprint density at radius 3 is 1.50 bits per heavy atom. The number of esters is 2. The first-order valence-corrected chi connectivity index (χ1v) is 11.5. The summed E-state index contributed by atoms with van der Waals surface area (Å²) >= 11 is 0. The van der Waals surface area contributed by atoms with E-state index in [1.165, 1.54) is 26.2 Å². The van der Waals surface area contributed by atoms with Gasteiger partial charge in [-0.1, -0.05) is 55.4 Å². The molecule has 0 saturated heterocycles. The molecule has 2 aromatic rings. The summed E-state index contributed by atoms with van der Waals surface area (Å²) < 4.78 is 68.0. The van der Waals surface area contributed by atoms with E-state index in [1.807, 2.05) is 20.8 Å². The van der Waals surface area contributed by atoms with E-state index in [2.05, 4.69) is 9.97 Å². The summed E-state index contributed by atoms with van der Waals surface area (Å²) in [5, 5.41) is 0. The SMILES string of the molecule is CC(C)C(=O)OCc1c(F)c(F)c(COC(=O)C(c2cnc(C(C)(C)C)nc2)C(C)(C)C)c(F)c1F. The lowest BCUT2D eigenvalue weighted by Crippen LogP contribution is -2.29. The van der Waals surface area contributed by atoms with Gasteiger partial charge in [-0.05, 0) is 5.41 Å². The number of rotatable bonds is 7. The molecule has 0 radical (unpaired) electrons. The molecule has 1 atom stereocenters. The van der Waals surface area contributed by atoms with Crippen LogP contribution < -0.4 is 0 Å². The zero-order valence-corrected chi connectivity index (χ0v) is 21.8. The molecular formula is C26H32F4N2O4. The van der Waals surface area contributed by atoms with Crippen molar-refractivity contribution in [3.63, 3.8) is 0 Å². The van der Waals surface area contributed by atoms with Crippen LogP contribution in [0, 0.1) is 34.6 Å². The van der Waals surface area contributed by atoms with Crippen molar-refractivity contribution < 1.29 is 36.6 Å². The Hall–Kier alpha value is -3.04. The molecule has 2 rings (SSSR count).